The van der Waals surface area contributed by atoms with E-state index >= 15 is 0 Å². The highest BCUT2D eigenvalue weighted by Gasteiger charge is 2.30. The van der Waals surface area contributed by atoms with Crippen molar-refractivity contribution in [2.45, 2.75) is 36.6 Å². The first-order chi connectivity index (χ1) is 10.3. The van der Waals surface area contributed by atoms with E-state index < -0.39 is 26.2 Å². The number of nitrogens with two attached hydrogens (primary N) is 1. The van der Waals surface area contributed by atoms with Gasteiger partial charge in [-0.1, -0.05) is 12.8 Å². The van der Waals surface area contributed by atoms with Crippen LogP contribution in [0.15, 0.2) is 20.7 Å². The van der Waals surface area contributed by atoms with Crippen LogP contribution in [0, 0.1) is 5.92 Å². The normalized spacial score (nSPS) is 21.7. The first kappa shape index (κ1) is 19.9. The van der Waals surface area contributed by atoms with Gasteiger partial charge in [-0.2, -0.15) is 0 Å². The number of rotatable bonds is 4. The summed E-state index contributed by atoms with van der Waals surface area (Å²) in [4.78, 5) is 23.3. The monoisotopic (exact) mass is 366 g/mol. The van der Waals surface area contributed by atoms with Crippen molar-refractivity contribution in [3.63, 3.8) is 0 Å². The zero-order valence-corrected chi connectivity index (χ0v) is 14.8. The maximum absolute atomic E-state index is 12.5. The minimum absolute atomic E-state index is 0. The van der Waals surface area contributed by atoms with Crippen molar-refractivity contribution < 1.29 is 8.42 Å². The predicted molar refractivity (Wildman–Crippen MR) is 89.3 cm³/mol. The highest BCUT2D eigenvalue weighted by atomic mass is 35.5. The molecule has 0 radical (unpaired) electrons. The maximum Gasteiger partial charge on any atom is 0.330 e. The van der Waals surface area contributed by atoms with Crippen molar-refractivity contribution in [3.05, 3.63) is 27.0 Å². The fourth-order valence-corrected chi connectivity index (χ4v) is 4.37. The Morgan fingerprint density at radius 3 is 2.48 bits per heavy atom. The predicted octanol–water partition coefficient (Wildman–Crippen LogP) is -0.698. The maximum atomic E-state index is 12.5. The van der Waals surface area contributed by atoms with Crippen molar-refractivity contribution in [2.24, 2.45) is 25.7 Å². The van der Waals surface area contributed by atoms with Gasteiger partial charge in [0, 0.05) is 26.3 Å². The Balaban J connectivity index is 0.00000264. The number of sulfonamides is 1. The molecule has 2 rings (SSSR count). The molecule has 2 unspecified atom stereocenters. The van der Waals surface area contributed by atoms with Crippen molar-refractivity contribution in [2.75, 3.05) is 6.54 Å². The molecule has 132 valence electrons. The molecule has 10 heteroatoms. The first-order valence-corrected chi connectivity index (χ1v) is 8.75. The third-order valence-corrected chi connectivity index (χ3v) is 5.69. The smallest absolute Gasteiger partial charge is 0.330 e. The Morgan fingerprint density at radius 1 is 1.26 bits per heavy atom. The van der Waals surface area contributed by atoms with Gasteiger partial charge in [0.15, 0.2) is 4.90 Å². The number of halogens is 1. The second kappa shape index (κ2) is 7.61. The second-order valence-electron chi connectivity index (χ2n) is 5.76. The van der Waals surface area contributed by atoms with E-state index in [1.165, 1.54) is 14.1 Å². The van der Waals surface area contributed by atoms with Crippen LogP contribution in [0.4, 0.5) is 0 Å². The Morgan fingerprint density at radius 2 is 1.87 bits per heavy atom. The summed E-state index contributed by atoms with van der Waals surface area (Å²) >= 11 is 0. The number of hydrogen-bond acceptors (Lipinski definition) is 5. The first-order valence-electron chi connectivity index (χ1n) is 7.27. The lowest BCUT2D eigenvalue weighted by molar-refractivity contribution is 0.296. The summed E-state index contributed by atoms with van der Waals surface area (Å²) < 4.78 is 29.5. The van der Waals surface area contributed by atoms with Crippen molar-refractivity contribution in [3.8, 4) is 0 Å². The molecule has 1 aliphatic rings. The average Bonchev–Trinajstić information content (AvgIpc) is 2.48. The van der Waals surface area contributed by atoms with Gasteiger partial charge >= 0.3 is 5.69 Å². The van der Waals surface area contributed by atoms with E-state index in [2.05, 4.69) is 4.72 Å². The van der Waals surface area contributed by atoms with Crippen LogP contribution in [0.25, 0.3) is 0 Å². The van der Waals surface area contributed by atoms with Gasteiger partial charge in [-0.05, 0) is 25.3 Å². The largest absolute Gasteiger partial charge is 0.330 e. The molecule has 0 spiro atoms. The fraction of sp³-hybridized carbons (Fsp3) is 0.692. The van der Waals surface area contributed by atoms with Crippen molar-refractivity contribution in [1.29, 1.82) is 0 Å². The zero-order valence-electron chi connectivity index (χ0n) is 13.2. The van der Waals surface area contributed by atoms with Crippen LogP contribution in [-0.2, 0) is 24.1 Å². The van der Waals surface area contributed by atoms with E-state index in [1.54, 1.807) is 0 Å². The van der Waals surface area contributed by atoms with E-state index in [0.29, 0.717) is 13.0 Å². The third-order valence-electron chi connectivity index (χ3n) is 4.22. The summed E-state index contributed by atoms with van der Waals surface area (Å²) in [5.74, 6) is 0.0694. The molecule has 0 bridgehead atoms. The molecule has 1 heterocycles. The van der Waals surface area contributed by atoms with Crippen LogP contribution in [0.3, 0.4) is 0 Å². The number of hydrogen-bond donors (Lipinski definition) is 2. The zero-order chi connectivity index (χ0) is 16.5. The summed E-state index contributed by atoms with van der Waals surface area (Å²) in [7, 11) is -1.33. The molecule has 8 nitrogen and oxygen atoms in total. The van der Waals surface area contributed by atoms with Gasteiger partial charge < -0.3 is 10.3 Å². The molecule has 23 heavy (non-hydrogen) atoms. The van der Waals surface area contributed by atoms with Gasteiger partial charge in [0.1, 0.15) is 0 Å². The van der Waals surface area contributed by atoms with Gasteiger partial charge in [-0.25, -0.2) is 17.9 Å². The lowest BCUT2D eigenvalue weighted by Gasteiger charge is -2.30. The van der Waals surface area contributed by atoms with Crippen LogP contribution in [-0.4, -0.2) is 30.1 Å². The van der Waals surface area contributed by atoms with Crippen molar-refractivity contribution >= 4 is 22.4 Å². The molecule has 3 N–H and O–H groups in total. The summed E-state index contributed by atoms with van der Waals surface area (Å²) in [6.45, 7) is 0.401. The molecule has 1 fully saturated rings. The van der Waals surface area contributed by atoms with E-state index in [4.69, 9.17) is 5.73 Å². The van der Waals surface area contributed by atoms with Crippen LogP contribution >= 0.6 is 12.4 Å². The third kappa shape index (κ3) is 4.03. The second-order valence-corrected chi connectivity index (χ2v) is 7.44. The topological polar surface area (TPSA) is 116 Å². The van der Waals surface area contributed by atoms with E-state index in [1.807, 2.05) is 0 Å². The summed E-state index contributed by atoms with van der Waals surface area (Å²) in [5.41, 5.74) is 4.31. The van der Waals surface area contributed by atoms with Gasteiger partial charge in [-0.15, -0.1) is 12.4 Å². The summed E-state index contributed by atoms with van der Waals surface area (Å²) in [5, 5.41) is 0. The summed E-state index contributed by atoms with van der Waals surface area (Å²) in [6.07, 6.45) is 4.59. The lowest BCUT2D eigenvalue weighted by atomic mass is 9.85. The minimum Gasteiger partial charge on any atom is -0.330 e. The van der Waals surface area contributed by atoms with Gasteiger partial charge in [0.05, 0.1) is 0 Å². The average molecular weight is 367 g/mol. The molecule has 2 atom stereocenters. The minimum atomic E-state index is -3.99. The Kier molecular flexibility index (Phi) is 6.58. The summed E-state index contributed by atoms with van der Waals surface area (Å²) in [6, 6.07) is -0.273. The van der Waals surface area contributed by atoms with E-state index in [-0.39, 0.29) is 24.4 Å². The highest BCUT2D eigenvalue weighted by molar-refractivity contribution is 7.89. The van der Waals surface area contributed by atoms with Crippen LogP contribution < -0.4 is 21.7 Å². The highest BCUT2D eigenvalue weighted by Crippen LogP contribution is 2.24. The molecular weight excluding hydrogens is 344 g/mol. The van der Waals surface area contributed by atoms with Crippen LogP contribution in [0.2, 0.25) is 0 Å². The molecular formula is C13H23ClN4O4S. The van der Waals surface area contributed by atoms with Gasteiger partial charge in [0.2, 0.25) is 10.0 Å². The van der Waals surface area contributed by atoms with E-state index in [9.17, 15) is 18.0 Å². The lowest BCUT2D eigenvalue weighted by Crippen LogP contribution is -2.47. The van der Waals surface area contributed by atoms with Gasteiger partial charge in [-0.3, -0.25) is 9.36 Å². The van der Waals surface area contributed by atoms with E-state index in [0.717, 1.165) is 34.6 Å². The van der Waals surface area contributed by atoms with Crippen LogP contribution in [0.5, 0.6) is 0 Å². The molecule has 0 aromatic carbocycles. The standard InChI is InChI=1S/C13H22N4O4S.ClH/c1-16-8-11(12(18)17(2)13(16)19)22(20,21)15-10-6-4-3-5-9(10)7-14;/h8-10,15H,3-7,14H2,1-2H3;1H. The molecule has 1 aromatic rings. The molecule has 0 amide bonds. The quantitative estimate of drug-likeness (QED) is 0.731. The Hall–Kier alpha value is -1.16. The van der Waals surface area contributed by atoms with Crippen LogP contribution in [0.1, 0.15) is 25.7 Å². The Labute approximate surface area is 141 Å². The van der Waals surface area contributed by atoms with Gasteiger partial charge in [0.25, 0.3) is 5.56 Å². The van der Waals surface area contributed by atoms with Crippen molar-refractivity contribution in [1.82, 2.24) is 13.9 Å². The molecule has 0 aliphatic heterocycles. The number of aryl methyl sites for hydroxylation is 1. The Bertz CT molecular complexity index is 771. The molecule has 1 aromatic heterocycles. The number of aromatic nitrogens is 2. The fourth-order valence-electron chi connectivity index (χ4n) is 2.87. The number of nitrogens with zero attached hydrogens (tertiary/aromatic N) is 2. The number of nitrogens with one attached hydrogen (secondary N) is 1. The molecule has 1 aliphatic carbocycles. The molecule has 1 saturated carbocycles. The molecule has 0 saturated heterocycles. The SMILES string of the molecule is Cl.Cn1cc(S(=O)(=O)NC2CCCCC2CN)c(=O)n(C)c1=O.